The van der Waals surface area contributed by atoms with Crippen LogP contribution in [0.2, 0.25) is 0 Å². The minimum absolute atomic E-state index is 0.0262. The average Bonchev–Trinajstić information content (AvgIpc) is 2.96. The number of hydrogen-bond acceptors (Lipinski definition) is 4. The van der Waals surface area contributed by atoms with E-state index in [0.29, 0.717) is 31.1 Å². The van der Waals surface area contributed by atoms with Gasteiger partial charge in [0.2, 0.25) is 5.88 Å². The maximum Gasteiger partial charge on any atom is 0.256 e. The number of benzene rings is 1. The third-order valence-electron chi connectivity index (χ3n) is 4.67. The van der Waals surface area contributed by atoms with Gasteiger partial charge in [0.05, 0.1) is 24.9 Å². The van der Waals surface area contributed by atoms with E-state index in [9.17, 15) is 9.18 Å². The van der Waals surface area contributed by atoms with Crippen molar-refractivity contribution in [2.24, 2.45) is 0 Å². The molecule has 1 unspecified atom stereocenters. The molecular formula is C20H24FN3O2. The molecule has 3 rings (SSSR count). The van der Waals surface area contributed by atoms with Crippen LogP contribution in [0.25, 0.3) is 0 Å². The normalized spacial score (nSPS) is 14.5. The van der Waals surface area contributed by atoms with Crippen molar-refractivity contribution in [2.45, 2.75) is 39.4 Å². The molecule has 1 aromatic heterocycles. The number of pyridine rings is 1. The van der Waals surface area contributed by atoms with Crippen molar-refractivity contribution in [1.29, 1.82) is 0 Å². The van der Waals surface area contributed by atoms with Gasteiger partial charge in [0, 0.05) is 24.7 Å². The Hall–Kier alpha value is -2.47. The highest BCUT2D eigenvalue weighted by molar-refractivity contribution is 5.98. The summed E-state index contributed by atoms with van der Waals surface area (Å²) in [5, 5.41) is 3.43. The number of halogens is 1. The van der Waals surface area contributed by atoms with Gasteiger partial charge in [-0.3, -0.25) is 4.79 Å². The Morgan fingerprint density at radius 1 is 1.35 bits per heavy atom. The number of aromatic nitrogens is 1. The summed E-state index contributed by atoms with van der Waals surface area (Å²) in [6, 6.07) is 8.60. The predicted octanol–water partition coefficient (Wildman–Crippen LogP) is 2.93. The number of amides is 1. The zero-order chi connectivity index (χ0) is 18.7. The van der Waals surface area contributed by atoms with E-state index in [1.165, 1.54) is 12.1 Å². The number of rotatable bonds is 7. The summed E-state index contributed by atoms with van der Waals surface area (Å²) in [5.74, 6) is 0.350. The third-order valence-corrected chi connectivity index (χ3v) is 4.67. The van der Waals surface area contributed by atoms with Crippen molar-refractivity contribution in [1.82, 2.24) is 15.2 Å². The molecule has 5 nitrogen and oxygen atoms in total. The number of fused-ring (bicyclic) bond motifs is 1. The molecule has 1 aliphatic heterocycles. The number of nitrogens with zero attached hydrogens (tertiary/aromatic N) is 2. The number of carbonyl (C=O) groups is 1. The summed E-state index contributed by atoms with van der Waals surface area (Å²) in [4.78, 5) is 18.7. The molecule has 1 aromatic carbocycles. The van der Waals surface area contributed by atoms with Gasteiger partial charge < -0.3 is 15.0 Å². The van der Waals surface area contributed by atoms with Crippen LogP contribution in [0.3, 0.4) is 0 Å². The van der Waals surface area contributed by atoms with Crippen LogP contribution in [0.1, 0.15) is 41.0 Å². The minimum Gasteiger partial charge on any atom is -0.481 e. The first-order valence-corrected chi connectivity index (χ1v) is 8.85. The van der Waals surface area contributed by atoms with Crippen molar-refractivity contribution < 1.29 is 13.9 Å². The number of ether oxygens (including phenoxy) is 1. The van der Waals surface area contributed by atoms with Gasteiger partial charge in [-0.25, -0.2) is 9.37 Å². The largest absolute Gasteiger partial charge is 0.481 e. The molecule has 1 amide bonds. The first-order chi connectivity index (χ1) is 12.5. The van der Waals surface area contributed by atoms with Gasteiger partial charge >= 0.3 is 0 Å². The molecular weight excluding hydrogens is 333 g/mol. The molecule has 138 valence electrons. The Balaban J connectivity index is 1.68. The lowest BCUT2D eigenvalue weighted by molar-refractivity contribution is 0.0786. The number of nitrogens with one attached hydrogen (secondary N) is 1. The highest BCUT2D eigenvalue weighted by atomic mass is 19.1. The first kappa shape index (κ1) is 18.3. The highest BCUT2D eigenvalue weighted by Crippen LogP contribution is 2.27. The first-order valence-electron chi connectivity index (χ1n) is 8.85. The van der Waals surface area contributed by atoms with Gasteiger partial charge in [0.1, 0.15) is 5.82 Å². The lowest BCUT2D eigenvalue weighted by Crippen LogP contribution is -2.28. The average molecular weight is 357 g/mol. The maximum absolute atomic E-state index is 13.0. The molecule has 2 heterocycles. The molecule has 6 heteroatoms. The van der Waals surface area contributed by atoms with Gasteiger partial charge in [0.15, 0.2) is 0 Å². The van der Waals surface area contributed by atoms with E-state index in [4.69, 9.17) is 4.74 Å². The van der Waals surface area contributed by atoms with Crippen LogP contribution in [0.4, 0.5) is 4.39 Å². The van der Waals surface area contributed by atoms with Crippen LogP contribution >= 0.6 is 0 Å². The van der Waals surface area contributed by atoms with Crippen LogP contribution in [0, 0.1) is 5.82 Å². The Morgan fingerprint density at radius 3 is 2.73 bits per heavy atom. The Bertz CT molecular complexity index is 792. The minimum atomic E-state index is -0.228. The summed E-state index contributed by atoms with van der Waals surface area (Å²) in [6.45, 7) is 5.78. The van der Waals surface area contributed by atoms with Crippen LogP contribution in [-0.2, 0) is 19.5 Å². The number of carbonyl (C=O) groups excluding carboxylic acids is 1. The van der Waals surface area contributed by atoms with E-state index < -0.39 is 0 Å². The van der Waals surface area contributed by atoms with Gasteiger partial charge in [-0.1, -0.05) is 12.1 Å². The van der Waals surface area contributed by atoms with Gasteiger partial charge in [0.25, 0.3) is 5.91 Å². The highest BCUT2D eigenvalue weighted by Gasteiger charge is 2.29. The second-order valence-electron chi connectivity index (χ2n) is 6.58. The molecule has 0 spiro atoms. The van der Waals surface area contributed by atoms with Crippen LogP contribution < -0.4 is 10.1 Å². The van der Waals surface area contributed by atoms with Crippen molar-refractivity contribution in [2.75, 3.05) is 13.7 Å². The van der Waals surface area contributed by atoms with Gasteiger partial charge in [-0.2, -0.15) is 0 Å². The van der Waals surface area contributed by atoms with Crippen LogP contribution in [0.15, 0.2) is 30.3 Å². The summed E-state index contributed by atoms with van der Waals surface area (Å²) in [5.41, 5.74) is 3.37. The van der Waals surface area contributed by atoms with Crippen LogP contribution in [-0.4, -0.2) is 35.5 Å². The van der Waals surface area contributed by atoms with E-state index in [1.54, 1.807) is 24.1 Å². The smallest absolute Gasteiger partial charge is 0.256 e. The summed E-state index contributed by atoms with van der Waals surface area (Å²) in [7, 11) is 1.59. The van der Waals surface area contributed by atoms with E-state index in [1.807, 2.05) is 13.0 Å². The summed E-state index contributed by atoms with van der Waals surface area (Å²) >= 11 is 0. The molecule has 1 N–H and O–H groups in total. The fourth-order valence-corrected chi connectivity index (χ4v) is 3.19. The summed E-state index contributed by atoms with van der Waals surface area (Å²) in [6.07, 6.45) is 0.781. The molecule has 0 saturated carbocycles. The fourth-order valence-electron chi connectivity index (χ4n) is 3.19. The van der Waals surface area contributed by atoms with Gasteiger partial charge in [-0.15, -0.1) is 0 Å². The lowest BCUT2D eigenvalue weighted by Gasteiger charge is -2.16. The Morgan fingerprint density at radius 2 is 2.08 bits per heavy atom. The lowest BCUT2D eigenvalue weighted by atomic mass is 10.1. The molecule has 1 atom stereocenters. The predicted molar refractivity (Wildman–Crippen MR) is 97.6 cm³/mol. The molecule has 0 bridgehead atoms. The fraction of sp³-hybridized carbons (Fsp3) is 0.400. The topological polar surface area (TPSA) is 54.5 Å². The van der Waals surface area contributed by atoms with Crippen molar-refractivity contribution in [3.63, 3.8) is 0 Å². The number of methoxy groups -OCH3 is 1. The van der Waals surface area contributed by atoms with E-state index in [2.05, 4.69) is 17.2 Å². The zero-order valence-corrected chi connectivity index (χ0v) is 15.4. The maximum atomic E-state index is 13.0. The van der Waals surface area contributed by atoms with Crippen LogP contribution in [0.5, 0.6) is 5.88 Å². The second kappa shape index (κ2) is 7.83. The van der Waals surface area contributed by atoms with E-state index in [-0.39, 0.29) is 17.8 Å². The molecule has 0 saturated heterocycles. The molecule has 0 fully saturated rings. The Labute approximate surface area is 153 Å². The van der Waals surface area contributed by atoms with E-state index >= 15 is 0 Å². The molecule has 26 heavy (non-hydrogen) atoms. The third kappa shape index (κ3) is 3.85. The molecule has 1 aliphatic rings. The quantitative estimate of drug-likeness (QED) is 0.828. The molecule has 2 aromatic rings. The Kier molecular flexibility index (Phi) is 5.52. The summed E-state index contributed by atoms with van der Waals surface area (Å²) < 4.78 is 18.4. The SMILES string of the molecule is CCN1Cc2nc(OC)c(CNC(C)Cc3ccc(F)cc3)cc2C1=O. The second-order valence-corrected chi connectivity index (χ2v) is 6.58. The standard InChI is InChI=1S/C20H24FN3O2/c1-4-24-12-18-17(20(24)25)10-15(19(23-18)26-3)11-22-13(2)9-14-5-7-16(21)8-6-14/h5-8,10,13,22H,4,9,11-12H2,1-3H3. The monoisotopic (exact) mass is 357 g/mol. The molecule has 0 radical (unpaired) electrons. The van der Waals surface area contributed by atoms with Gasteiger partial charge in [-0.05, 0) is 44.0 Å². The molecule has 0 aliphatic carbocycles. The van der Waals surface area contributed by atoms with Crippen molar-refractivity contribution in [3.8, 4) is 5.88 Å². The van der Waals surface area contributed by atoms with Crippen molar-refractivity contribution in [3.05, 3.63) is 58.5 Å². The van der Waals surface area contributed by atoms with E-state index in [0.717, 1.165) is 23.2 Å². The number of hydrogen-bond donors (Lipinski definition) is 1. The zero-order valence-electron chi connectivity index (χ0n) is 15.4. The van der Waals surface area contributed by atoms with Crippen molar-refractivity contribution >= 4 is 5.91 Å².